The largest absolute Gasteiger partial charge is 0.497 e. The van der Waals surface area contributed by atoms with Crippen LogP contribution in [0.4, 0.5) is 5.13 Å². The minimum absolute atomic E-state index is 0.114. The van der Waals surface area contributed by atoms with E-state index in [0.717, 1.165) is 34.2 Å². The monoisotopic (exact) mass is 402 g/mol. The van der Waals surface area contributed by atoms with E-state index in [1.165, 1.54) is 11.3 Å². The smallest absolute Gasteiger partial charge is 0.238 e. The summed E-state index contributed by atoms with van der Waals surface area (Å²) in [6.45, 7) is 2.05. The van der Waals surface area contributed by atoms with Crippen LogP contribution in [0.2, 0.25) is 0 Å². The maximum atomic E-state index is 12.8. The van der Waals surface area contributed by atoms with E-state index in [1.807, 2.05) is 37.3 Å². The molecule has 0 unspecified atom stereocenters. The Morgan fingerprint density at radius 3 is 2.96 bits per heavy atom. The minimum Gasteiger partial charge on any atom is -0.497 e. The van der Waals surface area contributed by atoms with Crippen molar-refractivity contribution in [2.24, 2.45) is 0 Å². The first-order valence-corrected chi connectivity index (χ1v) is 10.3. The molecule has 1 N–H and O–H groups in total. The van der Waals surface area contributed by atoms with Crippen LogP contribution < -0.4 is 10.1 Å². The zero-order valence-electron chi connectivity index (χ0n) is 14.9. The second-order valence-electron chi connectivity index (χ2n) is 6.15. The van der Waals surface area contributed by atoms with Gasteiger partial charge in [0.2, 0.25) is 11.0 Å². The van der Waals surface area contributed by atoms with Crippen LogP contribution in [-0.4, -0.2) is 34.1 Å². The van der Waals surface area contributed by atoms with Crippen molar-refractivity contribution in [3.8, 4) is 17.1 Å². The first-order chi connectivity index (χ1) is 13.1. The number of carbonyl (C=O) groups excluding carboxylic acids is 1. The van der Waals surface area contributed by atoms with Gasteiger partial charge in [-0.1, -0.05) is 47.3 Å². The lowest BCUT2D eigenvalue weighted by atomic mass is 10.0. The molecular formula is C18H18N4O3S2. The van der Waals surface area contributed by atoms with Crippen molar-refractivity contribution in [2.45, 2.75) is 29.5 Å². The van der Waals surface area contributed by atoms with Crippen LogP contribution in [0.25, 0.3) is 11.3 Å². The Morgan fingerprint density at radius 1 is 1.37 bits per heavy atom. The first-order valence-electron chi connectivity index (χ1n) is 8.54. The van der Waals surface area contributed by atoms with Crippen molar-refractivity contribution in [1.82, 2.24) is 15.4 Å². The van der Waals surface area contributed by atoms with Gasteiger partial charge in [-0.3, -0.25) is 10.1 Å². The lowest BCUT2D eigenvalue weighted by Crippen LogP contribution is -2.28. The summed E-state index contributed by atoms with van der Waals surface area (Å²) in [6, 6.07) is 9.37. The van der Waals surface area contributed by atoms with E-state index in [4.69, 9.17) is 9.26 Å². The average molecular weight is 403 g/mol. The zero-order valence-corrected chi connectivity index (χ0v) is 16.5. The summed E-state index contributed by atoms with van der Waals surface area (Å²) in [6.07, 6.45) is 1.47. The number of carbonyl (C=O) groups is 1. The number of nitrogens with zero attached hydrogens (tertiary/aromatic N) is 3. The maximum Gasteiger partial charge on any atom is 0.238 e. The summed E-state index contributed by atoms with van der Waals surface area (Å²) in [5.74, 6) is 2.15. The number of anilines is 1. The number of aromatic nitrogens is 3. The fraction of sp³-hybridized carbons (Fsp3) is 0.333. The second kappa shape index (κ2) is 7.32. The molecule has 1 amide bonds. The summed E-state index contributed by atoms with van der Waals surface area (Å²) in [5, 5.41) is 15.7. The number of thioether (sulfide) groups is 1. The lowest BCUT2D eigenvalue weighted by Gasteiger charge is -2.09. The quantitative estimate of drug-likeness (QED) is 0.472. The molecule has 3 aromatic rings. The van der Waals surface area contributed by atoms with Crippen LogP contribution in [0.5, 0.6) is 5.75 Å². The lowest BCUT2D eigenvalue weighted by molar-refractivity contribution is -0.118. The molecule has 1 aromatic carbocycles. The molecule has 1 aliphatic rings. The third-order valence-electron chi connectivity index (χ3n) is 4.43. The van der Waals surface area contributed by atoms with Gasteiger partial charge in [-0.2, -0.15) is 0 Å². The molecular weight excluding hydrogens is 384 g/mol. The second-order valence-corrected chi connectivity index (χ2v) is 8.64. The third kappa shape index (κ3) is 3.57. The number of benzene rings is 1. The third-order valence-corrected chi connectivity index (χ3v) is 6.29. The number of rotatable bonds is 7. The SMILES string of the molecule is CCSc1nnc(NC(=O)C2(c3cc(-c4cccc(OC)c4)on3)CC2)s1. The fourth-order valence-electron chi connectivity index (χ4n) is 2.80. The molecule has 1 fully saturated rings. The van der Waals surface area contributed by atoms with Gasteiger partial charge in [0.15, 0.2) is 10.1 Å². The Balaban J connectivity index is 1.52. The fourth-order valence-corrected chi connectivity index (χ4v) is 4.44. The van der Waals surface area contributed by atoms with Crippen LogP contribution in [0.1, 0.15) is 25.5 Å². The van der Waals surface area contributed by atoms with Crippen LogP contribution in [-0.2, 0) is 10.2 Å². The van der Waals surface area contributed by atoms with E-state index in [-0.39, 0.29) is 5.91 Å². The van der Waals surface area contributed by atoms with E-state index < -0.39 is 5.41 Å². The van der Waals surface area contributed by atoms with E-state index in [1.54, 1.807) is 18.9 Å². The molecule has 0 saturated heterocycles. The number of hydrogen-bond acceptors (Lipinski definition) is 8. The average Bonchev–Trinajstić information content (AvgIpc) is 3.13. The summed E-state index contributed by atoms with van der Waals surface area (Å²) in [7, 11) is 1.62. The topological polar surface area (TPSA) is 90.1 Å². The van der Waals surface area contributed by atoms with Crippen molar-refractivity contribution < 1.29 is 14.1 Å². The van der Waals surface area contributed by atoms with Crippen LogP contribution in [0.3, 0.4) is 0 Å². The van der Waals surface area contributed by atoms with Crippen LogP contribution >= 0.6 is 23.1 Å². The van der Waals surface area contributed by atoms with E-state index in [0.29, 0.717) is 16.6 Å². The summed E-state index contributed by atoms with van der Waals surface area (Å²) >= 11 is 2.98. The Morgan fingerprint density at radius 2 is 2.22 bits per heavy atom. The van der Waals surface area contributed by atoms with Crippen LogP contribution in [0.15, 0.2) is 39.2 Å². The molecule has 1 saturated carbocycles. The van der Waals surface area contributed by atoms with Crippen molar-refractivity contribution in [2.75, 3.05) is 18.2 Å². The Labute approximate surface area is 164 Å². The standard InChI is InChI=1S/C18H18N4O3S2/c1-3-26-17-21-20-16(27-17)19-15(23)18(7-8-18)14-10-13(25-22-14)11-5-4-6-12(9-11)24-2/h4-6,9-10H,3,7-8H2,1-2H3,(H,19,20,23). The molecule has 0 spiro atoms. The molecule has 2 aromatic heterocycles. The maximum absolute atomic E-state index is 12.8. The Hall–Kier alpha value is -2.39. The van der Waals surface area contributed by atoms with Gasteiger partial charge in [-0.25, -0.2) is 0 Å². The highest BCUT2D eigenvalue weighted by Crippen LogP contribution is 2.49. The predicted octanol–water partition coefficient (Wildman–Crippen LogP) is 3.98. The number of nitrogens with one attached hydrogen (secondary N) is 1. The van der Waals surface area contributed by atoms with Gasteiger partial charge in [0.1, 0.15) is 5.75 Å². The molecule has 27 heavy (non-hydrogen) atoms. The first kappa shape index (κ1) is 18.0. The van der Waals surface area contributed by atoms with Gasteiger partial charge in [0.25, 0.3) is 0 Å². The van der Waals surface area contributed by atoms with Crippen molar-refractivity contribution in [1.29, 1.82) is 0 Å². The van der Waals surface area contributed by atoms with Gasteiger partial charge in [0, 0.05) is 11.6 Å². The number of ether oxygens (including phenoxy) is 1. The molecule has 4 rings (SSSR count). The molecule has 0 aliphatic heterocycles. The molecule has 140 valence electrons. The number of hydrogen-bond donors (Lipinski definition) is 1. The number of methoxy groups -OCH3 is 1. The van der Waals surface area contributed by atoms with Crippen molar-refractivity contribution in [3.63, 3.8) is 0 Å². The van der Waals surface area contributed by atoms with Crippen molar-refractivity contribution >= 4 is 34.1 Å². The molecule has 9 heteroatoms. The Kier molecular flexibility index (Phi) is 4.88. The van der Waals surface area contributed by atoms with Crippen LogP contribution in [0, 0.1) is 0 Å². The summed E-state index contributed by atoms with van der Waals surface area (Å²) in [5.41, 5.74) is 0.852. The highest BCUT2D eigenvalue weighted by Gasteiger charge is 2.54. The molecule has 0 bridgehead atoms. The minimum atomic E-state index is -0.648. The highest BCUT2D eigenvalue weighted by molar-refractivity contribution is 8.01. The van der Waals surface area contributed by atoms with Gasteiger partial charge in [0.05, 0.1) is 18.2 Å². The normalized spacial score (nSPS) is 14.7. The molecule has 0 radical (unpaired) electrons. The molecule has 2 heterocycles. The van der Waals surface area contributed by atoms with Gasteiger partial charge < -0.3 is 9.26 Å². The summed E-state index contributed by atoms with van der Waals surface area (Å²) < 4.78 is 11.6. The number of amides is 1. The van der Waals surface area contributed by atoms with E-state index in [9.17, 15) is 4.79 Å². The predicted molar refractivity (Wildman–Crippen MR) is 104 cm³/mol. The highest BCUT2D eigenvalue weighted by atomic mass is 32.2. The molecule has 7 nitrogen and oxygen atoms in total. The Bertz CT molecular complexity index is 965. The van der Waals surface area contributed by atoms with Gasteiger partial charge in [-0.15, -0.1) is 10.2 Å². The van der Waals surface area contributed by atoms with Gasteiger partial charge >= 0.3 is 0 Å². The van der Waals surface area contributed by atoms with E-state index in [2.05, 4.69) is 20.7 Å². The molecule has 0 atom stereocenters. The zero-order chi connectivity index (χ0) is 18.9. The molecule has 1 aliphatic carbocycles. The van der Waals surface area contributed by atoms with Gasteiger partial charge in [-0.05, 0) is 30.7 Å². The van der Waals surface area contributed by atoms with Crippen molar-refractivity contribution in [3.05, 3.63) is 36.0 Å². The summed E-state index contributed by atoms with van der Waals surface area (Å²) in [4.78, 5) is 12.8. The van der Waals surface area contributed by atoms with E-state index >= 15 is 0 Å².